The molecule has 19 heavy (non-hydrogen) atoms. The summed E-state index contributed by atoms with van der Waals surface area (Å²) in [6.07, 6.45) is 7.05. The summed E-state index contributed by atoms with van der Waals surface area (Å²) in [4.78, 5) is 4.49. The molecule has 1 aromatic carbocycles. The van der Waals surface area contributed by atoms with E-state index in [9.17, 15) is 0 Å². The van der Waals surface area contributed by atoms with Crippen LogP contribution in [-0.2, 0) is 4.74 Å². The van der Waals surface area contributed by atoms with E-state index in [0.29, 0.717) is 12.1 Å². The van der Waals surface area contributed by atoms with Crippen LogP contribution < -0.4 is 5.32 Å². The maximum absolute atomic E-state index is 5.47. The molecule has 0 aliphatic heterocycles. The highest BCUT2D eigenvalue weighted by Crippen LogP contribution is 2.24. The van der Waals surface area contributed by atoms with Gasteiger partial charge in [0.25, 0.3) is 0 Å². The van der Waals surface area contributed by atoms with E-state index in [-0.39, 0.29) is 0 Å². The number of fused-ring (bicyclic) bond motifs is 1. The third-order valence-electron chi connectivity index (χ3n) is 3.92. The Morgan fingerprint density at radius 2 is 2.16 bits per heavy atom. The van der Waals surface area contributed by atoms with Crippen LogP contribution in [0.1, 0.15) is 25.7 Å². The number of ether oxygens (including phenoxy) is 1. The quantitative estimate of drug-likeness (QED) is 0.911. The third kappa shape index (κ3) is 2.87. The molecule has 0 spiro atoms. The fourth-order valence-electron chi connectivity index (χ4n) is 2.88. The number of aromatic nitrogens is 1. The molecule has 0 bridgehead atoms. The number of nitrogens with one attached hydrogen (secondary N) is 1. The van der Waals surface area contributed by atoms with E-state index in [2.05, 4.69) is 28.5 Å². The van der Waals surface area contributed by atoms with Gasteiger partial charge in [0.15, 0.2) is 0 Å². The van der Waals surface area contributed by atoms with Gasteiger partial charge in [0, 0.05) is 18.5 Å². The van der Waals surface area contributed by atoms with Crippen molar-refractivity contribution < 1.29 is 4.74 Å². The summed E-state index contributed by atoms with van der Waals surface area (Å²) < 4.78 is 5.47. The molecule has 0 radical (unpaired) electrons. The lowest BCUT2D eigenvalue weighted by atomic mass is 9.92. The van der Waals surface area contributed by atoms with E-state index >= 15 is 0 Å². The van der Waals surface area contributed by atoms with E-state index in [0.717, 1.165) is 17.6 Å². The van der Waals surface area contributed by atoms with E-state index in [1.54, 1.807) is 0 Å². The van der Waals surface area contributed by atoms with Crippen molar-refractivity contribution >= 4 is 16.6 Å². The van der Waals surface area contributed by atoms with Crippen LogP contribution in [0.15, 0.2) is 36.5 Å². The zero-order chi connectivity index (χ0) is 13.1. The van der Waals surface area contributed by atoms with Crippen LogP contribution >= 0.6 is 0 Å². The van der Waals surface area contributed by atoms with E-state index in [1.165, 1.54) is 24.6 Å². The molecule has 0 saturated heterocycles. The highest BCUT2D eigenvalue weighted by Gasteiger charge is 2.21. The summed E-state index contributed by atoms with van der Waals surface area (Å²) in [5, 5.41) is 4.78. The van der Waals surface area contributed by atoms with Gasteiger partial charge in [-0.25, -0.2) is 0 Å². The first kappa shape index (κ1) is 12.4. The number of methoxy groups -OCH3 is 1. The first-order valence-corrected chi connectivity index (χ1v) is 6.99. The van der Waals surface area contributed by atoms with E-state index in [1.807, 2.05) is 25.4 Å². The molecule has 3 heteroatoms. The number of nitrogens with zero attached hydrogens (tertiary/aromatic N) is 1. The van der Waals surface area contributed by atoms with Gasteiger partial charge in [-0.2, -0.15) is 0 Å². The van der Waals surface area contributed by atoms with E-state index in [4.69, 9.17) is 4.74 Å². The van der Waals surface area contributed by atoms with Crippen molar-refractivity contribution in [2.24, 2.45) is 0 Å². The Labute approximate surface area is 114 Å². The predicted molar refractivity (Wildman–Crippen MR) is 78.4 cm³/mol. The Bertz CT molecular complexity index is 555. The number of anilines is 1. The molecule has 3 rings (SSSR count). The molecule has 1 N–H and O–H groups in total. The Kier molecular flexibility index (Phi) is 3.65. The summed E-state index contributed by atoms with van der Waals surface area (Å²) in [6.45, 7) is 0. The molecule has 1 aliphatic rings. The Balaban J connectivity index is 1.74. The van der Waals surface area contributed by atoms with Gasteiger partial charge in [-0.05, 0) is 37.8 Å². The molecule has 0 amide bonds. The number of benzene rings is 1. The molecular formula is C16H20N2O. The molecule has 2 atom stereocenters. The second kappa shape index (κ2) is 5.57. The molecule has 2 unspecified atom stereocenters. The maximum Gasteiger partial charge on any atom is 0.0703 e. The first-order valence-electron chi connectivity index (χ1n) is 6.99. The summed E-state index contributed by atoms with van der Waals surface area (Å²) in [5.41, 5.74) is 2.16. The highest BCUT2D eigenvalue weighted by atomic mass is 16.5. The van der Waals surface area contributed by atoms with Crippen molar-refractivity contribution in [3.63, 3.8) is 0 Å². The van der Waals surface area contributed by atoms with Crippen molar-refractivity contribution in [2.45, 2.75) is 37.8 Å². The van der Waals surface area contributed by atoms with Gasteiger partial charge in [-0.3, -0.25) is 4.98 Å². The standard InChI is InChI=1S/C16H20N2O/c1-19-15-7-4-6-13(10-15)18-14-9-12-5-2-3-8-16(12)17-11-14/h2-3,5,8-9,11,13,15,18H,4,6-7,10H2,1H3. The normalized spacial score (nSPS) is 23.4. The minimum atomic E-state index is 0.402. The van der Waals surface area contributed by atoms with Crippen molar-refractivity contribution in [2.75, 3.05) is 12.4 Å². The summed E-state index contributed by atoms with van der Waals surface area (Å²) in [7, 11) is 1.81. The smallest absolute Gasteiger partial charge is 0.0703 e. The topological polar surface area (TPSA) is 34.1 Å². The van der Waals surface area contributed by atoms with Crippen molar-refractivity contribution in [3.8, 4) is 0 Å². The van der Waals surface area contributed by atoms with Gasteiger partial charge < -0.3 is 10.1 Å². The van der Waals surface area contributed by atoms with Crippen LogP contribution in [0.25, 0.3) is 10.9 Å². The SMILES string of the molecule is COC1CCCC(Nc2cnc3ccccc3c2)C1. The van der Waals surface area contributed by atoms with Crippen LogP contribution in [0.4, 0.5) is 5.69 Å². The van der Waals surface area contributed by atoms with Crippen LogP contribution in [0.3, 0.4) is 0 Å². The molecule has 1 saturated carbocycles. The monoisotopic (exact) mass is 256 g/mol. The predicted octanol–water partition coefficient (Wildman–Crippen LogP) is 3.60. The molecule has 3 nitrogen and oxygen atoms in total. The van der Waals surface area contributed by atoms with Crippen molar-refractivity contribution in [1.29, 1.82) is 0 Å². The van der Waals surface area contributed by atoms with Crippen LogP contribution in [0, 0.1) is 0 Å². The zero-order valence-electron chi connectivity index (χ0n) is 11.3. The Hall–Kier alpha value is -1.61. The average Bonchev–Trinajstić information content (AvgIpc) is 2.47. The fraction of sp³-hybridized carbons (Fsp3) is 0.438. The Morgan fingerprint density at radius 1 is 1.26 bits per heavy atom. The molecular weight excluding hydrogens is 236 g/mol. The minimum Gasteiger partial charge on any atom is -0.381 e. The van der Waals surface area contributed by atoms with Crippen LogP contribution in [0.5, 0.6) is 0 Å². The van der Waals surface area contributed by atoms with Gasteiger partial charge in [0.05, 0.1) is 23.5 Å². The second-order valence-electron chi connectivity index (χ2n) is 5.28. The number of rotatable bonds is 3. The number of hydrogen-bond donors (Lipinski definition) is 1. The number of hydrogen-bond acceptors (Lipinski definition) is 3. The minimum absolute atomic E-state index is 0.402. The van der Waals surface area contributed by atoms with Gasteiger partial charge >= 0.3 is 0 Å². The fourth-order valence-corrected chi connectivity index (χ4v) is 2.88. The average molecular weight is 256 g/mol. The van der Waals surface area contributed by atoms with Crippen molar-refractivity contribution in [1.82, 2.24) is 4.98 Å². The van der Waals surface area contributed by atoms with Gasteiger partial charge in [-0.1, -0.05) is 18.2 Å². The molecule has 1 aliphatic carbocycles. The van der Waals surface area contributed by atoms with Crippen molar-refractivity contribution in [3.05, 3.63) is 36.5 Å². The van der Waals surface area contributed by atoms with E-state index < -0.39 is 0 Å². The van der Waals surface area contributed by atoms with Crippen LogP contribution in [-0.4, -0.2) is 24.2 Å². The third-order valence-corrected chi connectivity index (χ3v) is 3.92. The van der Waals surface area contributed by atoms with Gasteiger partial charge in [-0.15, -0.1) is 0 Å². The zero-order valence-corrected chi connectivity index (χ0v) is 11.3. The lowest BCUT2D eigenvalue weighted by molar-refractivity contribution is 0.0669. The second-order valence-corrected chi connectivity index (χ2v) is 5.28. The molecule has 1 aromatic heterocycles. The molecule has 1 heterocycles. The molecule has 100 valence electrons. The first-order chi connectivity index (χ1) is 9.35. The molecule has 2 aromatic rings. The van der Waals surface area contributed by atoms with Gasteiger partial charge in [0.2, 0.25) is 0 Å². The maximum atomic E-state index is 5.47. The Morgan fingerprint density at radius 3 is 3.05 bits per heavy atom. The summed E-state index contributed by atoms with van der Waals surface area (Å²) in [5.74, 6) is 0. The lowest BCUT2D eigenvalue weighted by Crippen LogP contribution is -2.31. The number of pyridine rings is 1. The number of para-hydroxylation sites is 1. The lowest BCUT2D eigenvalue weighted by Gasteiger charge is -2.29. The van der Waals surface area contributed by atoms with Crippen LogP contribution in [0.2, 0.25) is 0 Å². The largest absolute Gasteiger partial charge is 0.381 e. The molecule has 1 fully saturated rings. The summed E-state index contributed by atoms with van der Waals surface area (Å²) in [6, 6.07) is 10.9. The van der Waals surface area contributed by atoms with Gasteiger partial charge in [0.1, 0.15) is 0 Å². The summed E-state index contributed by atoms with van der Waals surface area (Å²) >= 11 is 0. The highest BCUT2D eigenvalue weighted by molar-refractivity contribution is 5.81.